The number of nitrogens with two attached hydrogens (primary N) is 1. The van der Waals surface area contributed by atoms with Gasteiger partial charge in [-0.3, -0.25) is 4.79 Å². The minimum absolute atomic E-state index is 0. The van der Waals surface area contributed by atoms with E-state index in [0.717, 1.165) is 22.5 Å². The van der Waals surface area contributed by atoms with Crippen LogP contribution in [0.25, 0.3) is 22.4 Å². The molecule has 0 saturated carbocycles. The highest BCUT2D eigenvalue weighted by molar-refractivity contribution is 5.96. The highest BCUT2D eigenvalue weighted by Crippen LogP contribution is 2.28. The number of rotatable bonds is 3. The number of imidazole rings is 1. The van der Waals surface area contributed by atoms with Gasteiger partial charge in [-0.15, -0.1) is 24.8 Å². The van der Waals surface area contributed by atoms with Crippen LogP contribution in [-0.4, -0.2) is 21.5 Å². The molecule has 3 N–H and O–H groups in total. The van der Waals surface area contributed by atoms with Crippen molar-refractivity contribution in [3.63, 3.8) is 0 Å². The molecule has 5 nitrogen and oxygen atoms in total. The number of aryl methyl sites for hydroxylation is 2. The van der Waals surface area contributed by atoms with Gasteiger partial charge >= 0.3 is 0 Å². The van der Waals surface area contributed by atoms with Gasteiger partial charge in [0.15, 0.2) is 0 Å². The summed E-state index contributed by atoms with van der Waals surface area (Å²) in [5, 5.41) is 2.90. The van der Waals surface area contributed by atoms with Crippen molar-refractivity contribution in [1.82, 2.24) is 9.55 Å². The first-order valence-corrected chi connectivity index (χ1v) is 8.87. The molecule has 1 atom stereocenters. The van der Waals surface area contributed by atoms with E-state index in [1.54, 1.807) is 6.07 Å². The maximum atomic E-state index is 13.5. The van der Waals surface area contributed by atoms with Crippen LogP contribution in [0.3, 0.4) is 0 Å². The Morgan fingerprint density at radius 3 is 2.41 bits per heavy atom. The third-order valence-corrected chi connectivity index (χ3v) is 4.80. The van der Waals surface area contributed by atoms with E-state index in [1.165, 1.54) is 12.1 Å². The zero-order chi connectivity index (χ0) is 19.9. The highest BCUT2D eigenvalue weighted by Gasteiger charge is 2.27. The summed E-state index contributed by atoms with van der Waals surface area (Å²) < 4.78 is 15.4. The number of nitrogens with zero attached hydrogens (tertiary/aromatic N) is 2. The Morgan fingerprint density at radius 1 is 1.17 bits per heavy atom. The zero-order valence-electron chi connectivity index (χ0n) is 17.1. The Morgan fingerprint density at radius 2 is 1.83 bits per heavy atom. The Hall–Kier alpha value is -2.15. The molecular formula is C21H27Cl2FN4O. The van der Waals surface area contributed by atoms with Gasteiger partial charge in [0.1, 0.15) is 11.6 Å². The second kappa shape index (κ2) is 9.11. The molecule has 0 fully saturated rings. The summed E-state index contributed by atoms with van der Waals surface area (Å²) in [6, 6.07) is 9.66. The quantitative estimate of drug-likeness (QED) is 0.611. The van der Waals surface area contributed by atoms with E-state index in [9.17, 15) is 9.18 Å². The molecule has 2 aromatic carbocycles. The monoisotopic (exact) mass is 440 g/mol. The third-order valence-electron chi connectivity index (χ3n) is 4.80. The molecule has 0 bridgehead atoms. The lowest BCUT2D eigenvalue weighted by molar-refractivity contribution is -0.119. The maximum absolute atomic E-state index is 13.5. The molecule has 158 valence electrons. The summed E-state index contributed by atoms with van der Waals surface area (Å²) in [7, 11) is 1.90. The molecule has 0 saturated heterocycles. The number of aromatic nitrogens is 2. The number of halogens is 3. The van der Waals surface area contributed by atoms with E-state index in [2.05, 4.69) is 10.3 Å². The minimum Gasteiger partial charge on any atom is -0.327 e. The number of anilines is 1. The van der Waals surface area contributed by atoms with Crippen LogP contribution in [0, 0.1) is 18.2 Å². The lowest BCUT2D eigenvalue weighted by Gasteiger charge is -2.26. The van der Waals surface area contributed by atoms with Crippen molar-refractivity contribution >= 4 is 47.4 Å². The van der Waals surface area contributed by atoms with Crippen molar-refractivity contribution in [2.45, 2.75) is 33.7 Å². The Kier molecular flexibility index (Phi) is 7.82. The molecule has 1 amide bonds. The van der Waals surface area contributed by atoms with Crippen LogP contribution >= 0.6 is 24.8 Å². The molecule has 0 unspecified atom stereocenters. The molecule has 3 rings (SSSR count). The second-order valence-corrected chi connectivity index (χ2v) is 7.99. The number of hydrogen-bond acceptors (Lipinski definition) is 3. The average Bonchev–Trinajstić information content (AvgIpc) is 2.91. The van der Waals surface area contributed by atoms with Crippen LogP contribution in [0.1, 0.15) is 26.3 Å². The fraction of sp³-hybridized carbons (Fsp3) is 0.333. The van der Waals surface area contributed by atoms with Crippen molar-refractivity contribution < 1.29 is 9.18 Å². The van der Waals surface area contributed by atoms with Crippen LogP contribution in [0.2, 0.25) is 0 Å². The van der Waals surface area contributed by atoms with E-state index < -0.39 is 6.04 Å². The largest absolute Gasteiger partial charge is 0.327 e. The van der Waals surface area contributed by atoms with Gasteiger partial charge in [-0.05, 0) is 48.2 Å². The van der Waals surface area contributed by atoms with E-state index in [1.807, 2.05) is 57.5 Å². The fourth-order valence-electron chi connectivity index (χ4n) is 2.98. The maximum Gasteiger partial charge on any atom is 0.241 e. The first-order chi connectivity index (χ1) is 12.6. The number of carbonyl (C=O) groups excluding carboxylic acids is 1. The molecule has 8 heteroatoms. The van der Waals surface area contributed by atoms with Crippen LogP contribution < -0.4 is 11.1 Å². The van der Waals surface area contributed by atoms with Crippen molar-refractivity contribution in [1.29, 1.82) is 0 Å². The molecule has 0 aliphatic carbocycles. The van der Waals surface area contributed by atoms with Crippen LogP contribution in [0.5, 0.6) is 0 Å². The van der Waals surface area contributed by atoms with Gasteiger partial charge < -0.3 is 15.6 Å². The average molecular weight is 441 g/mol. The summed E-state index contributed by atoms with van der Waals surface area (Å²) in [5.74, 6) is 0.219. The van der Waals surface area contributed by atoms with Crippen molar-refractivity contribution in [2.24, 2.45) is 18.2 Å². The first-order valence-electron chi connectivity index (χ1n) is 8.87. The Bertz CT molecular complexity index is 1030. The zero-order valence-corrected chi connectivity index (χ0v) is 18.7. The van der Waals surface area contributed by atoms with Gasteiger partial charge in [-0.1, -0.05) is 20.8 Å². The SMILES string of the molecule is Cc1cc(-c2nc3cc(F)ccc3n2C)ccc1NC(=O)[C@@H](N)C(C)(C)C.Cl.Cl. The van der Waals surface area contributed by atoms with Gasteiger partial charge in [0.2, 0.25) is 5.91 Å². The number of fused-ring (bicyclic) bond motifs is 1. The van der Waals surface area contributed by atoms with Gasteiger partial charge in [0.25, 0.3) is 0 Å². The highest BCUT2D eigenvalue weighted by atomic mass is 35.5. The van der Waals surface area contributed by atoms with Crippen molar-refractivity contribution in [3.05, 3.63) is 47.8 Å². The number of amides is 1. The number of carbonyl (C=O) groups is 1. The van der Waals surface area contributed by atoms with Gasteiger partial charge in [0.05, 0.1) is 17.1 Å². The standard InChI is InChI=1S/C21H25FN4O.2ClH/c1-12-10-13(6-8-15(12)25-20(27)18(23)21(2,3)4)19-24-16-11-14(22)7-9-17(16)26(19)5;;/h6-11,18H,23H2,1-5H3,(H,25,27);2*1H/t18-;;/m1../s1. The van der Waals surface area contributed by atoms with Crippen LogP contribution in [0.4, 0.5) is 10.1 Å². The predicted octanol–water partition coefficient (Wildman–Crippen LogP) is 4.84. The summed E-state index contributed by atoms with van der Waals surface area (Å²) in [5.41, 5.74) is 9.69. The molecule has 0 aliphatic rings. The lowest BCUT2D eigenvalue weighted by Crippen LogP contribution is -2.45. The normalized spacial score (nSPS) is 12.1. The van der Waals surface area contributed by atoms with Gasteiger partial charge in [-0.2, -0.15) is 0 Å². The molecule has 0 spiro atoms. The number of hydrogen-bond donors (Lipinski definition) is 2. The van der Waals surface area contributed by atoms with Crippen LogP contribution in [0.15, 0.2) is 36.4 Å². The topological polar surface area (TPSA) is 72.9 Å². The molecule has 1 aromatic heterocycles. The number of benzene rings is 2. The smallest absolute Gasteiger partial charge is 0.241 e. The summed E-state index contributed by atoms with van der Waals surface area (Å²) in [6.45, 7) is 7.72. The van der Waals surface area contributed by atoms with E-state index in [0.29, 0.717) is 11.2 Å². The predicted molar refractivity (Wildman–Crippen MR) is 121 cm³/mol. The summed E-state index contributed by atoms with van der Waals surface area (Å²) in [6.07, 6.45) is 0. The number of nitrogens with one attached hydrogen (secondary N) is 1. The minimum atomic E-state index is -0.605. The Labute approximate surface area is 182 Å². The molecule has 3 aromatic rings. The summed E-state index contributed by atoms with van der Waals surface area (Å²) >= 11 is 0. The molecular weight excluding hydrogens is 414 g/mol. The summed E-state index contributed by atoms with van der Waals surface area (Å²) in [4.78, 5) is 16.9. The fourth-order valence-corrected chi connectivity index (χ4v) is 2.98. The molecule has 0 aliphatic heterocycles. The van der Waals surface area contributed by atoms with Crippen molar-refractivity contribution in [2.75, 3.05) is 5.32 Å². The molecule has 29 heavy (non-hydrogen) atoms. The molecule has 1 heterocycles. The van der Waals surface area contributed by atoms with Gasteiger partial charge in [0, 0.05) is 24.4 Å². The Balaban J connectivity index is 0.00000210. The van der Waals surface area contributed by atoms with E-state index in [4.69, 9.17) is 5.73 Å². The van der Waals surface area contributed by atoms with E-state index >= 15 is 0 Å². The van der Waals surface area contributed by atoms with E-state index in [-0.39, 0.29) is 42.0 Å². The third kappa shape index (κ3) is 5.07. The van der Waals surface area contributed by atoms with Crippen LogP contribution in [-0.2, 0) is 11.8 Å². The van der Waals surface area contributed by atoms with Crippen molar-refractivity contribution in [3.8, 4) is 11.4 Å². The lowest BCUT2D eigenvalue weighted by atomic mass is 9.87. The van der Waals surface area contributed by atoms with Gasteiger partial charge in [-0.25, -0.2) is 9.37 Å². The first kappa shape index (κ1) is 24.9. The molecule has 0 radical (unpaired) electrons. The second-order valence-electron chi connectivity index (χ2n) is 7.99.